The molecule has 0 aliphatic rings. The molecular formula is C14H18ClN3. The molecular weight excluding hydrogens is 246 g/mol. The highest BCUT2D eigenvalue weighted by Crippen LogP contribution is 2.16. The van der Waals surface area contributed by atoms with Crippen LogP contribution in [0, 0.1) is 13.8 Å². The summed E-state index contributed by atoms with van der Waals surface area (Å²) >= 11 is 6.10. The summed E-state index contributed by atoms with van der Waals surface area (Å²) < 4.78 is 1.89. The number of hydrogen-bond acceptors (Lipinski definition) is 2. The van der Waals surface area contributed by atoms with Gasteiger partial charge in [0.2, 0.25) is 0 Å². The summed E-state index contributed by atoms with van der Waals surface area (Å²) in [6.45, 7) is 5.73. The molecule has 0 atom stereocenters. The van der Waals surface area contributed by atoms with Gasteiger partial charge in [0.25, 0.3) is 0 Å². The van der Waals surface area contributed by atoms with Crippen molar-refractivity contribution in [3.8, 4) is 0 Å². The number of aryl methyl sites for hydroxylation is 2. The molecule has 1 N–H and O–H groups in total. The Morgan fingerprint density at radius 3 is 2.67 bits per heavy atom. The van der Waals surface area contributed by atoms with Crippen LogP contribution in [0.4, 0.5) is 0 Å². The van der Waals surface area contributed by atoms with E-state index in [2.05, 4.69) is 29.5 Å². The fourth-order valence-electron chi connectivity index (χ4n) is 1.81. The predicted molar refractivity (Wildman–Crippen MR) is 74.7 cm³/mol. The van der Waals surface area contributed by atoms with Crippen LogP contribution in [0.2, 0.25) is 5.02 Å². The number of benzene rings is 1. The fraction of sp³-hybridized carbons (Fsp3) is 0.357. The quantitative estimate of drug-likeness (QED) is 0.919. The molecule has 0 amide bonds. The van der Waals surface area contributed by atoms with Gasteiger partial charge in [-0.2, -0.15) is 5.10 Å². The van der Waals surface area contributed by atoms with Gasteiger partial charge < -0.3 is 5.32 Å². The Balaban J connectivity index is 1.92. The van der Waals surface area contributed by atoms with Crippen molar-refractivity contribution < 1.29 is 0 Å². The van der Waals surface area contributed by atoms with Crippen LogP contribution in [-0.2, 0) is 20.1 Å². The number of hydrogen-bond donors (Lipinski definition) is 1. The average molecular weight is 264 g/mol. The van der Waals surface area contributed by atoms with Crippen LogP contribution in [0.5, 0.6) is 0 Å². The normalized spacial score (nSPS) is 10.9. The molecule has 0 aliphatic carbocycles. The molecule has 0 spiro atoms. The van der Waals surface area contributed by atoms with E-state index in [9.17, 15) is 0 Å². The first-order chi connectivity index (χ1) is 8.58. The van der Waals surface area contributed by atoms with E-state index < -0.39 is 0 Å². The third-order valence-electron chi connectivity index (χ3n) is 3.22. The van der Waals surface area contributed by atoms with Crippen LogP contribution in [0.15, 0.2) is 24.4 Å². The molecule has 0 unspecified atom stereocenters. The van der Waals surface area contributed by atoms with E-state index in [1.807, 2.05) is 30.9 Å². The van der Waals surface area contributed by atoms with Gasteiger partial charge in [-0.25, -0.2) is 0 Å². The molecule has 96 valence electrons. The van der Waals surface area contributed by atoms with Crippen LogP contribution in [-0.4, -0.2) is 9.78 Å². The van der Waals surface area contributed by atoms with Gasteiger partial charge in [-0.3, -0.25) is 4.68 Å². The van der Waals surface area contributed by atoms with E-state index >= 15 is 0 Å². The molecule has 0 fully saturated rings. The lowest BCUT2D eigenvalue weighted by atomic mass is 10.1. The summed E-state index contributed by atoms with van der Waals surface area (Å²) in [5.41, 5.74) is 4.75. The molecule has 0 radical (unpaired) electrons. The largest absolute Gasteiger partial charge is 0.308 e. The van der Waals surface area contributed by atoms with Gasteiger partial charge in [-0.05, 0) is 31.0 Å². The summed E-state index contributed by atoms with van der Waals surface area (Å²) in [6.07, 6.45) is 1.91. The Morgan fingerprint density at radius 1 is 1.28 bits per heavy atom. The molecule has 2 rings (SSSR count). The first-order valence-electron chi connectivity index (χ1n) is 6.01. The van der Waals surface area contributed by atoms with Crippen molar-refractivity contribution in [3.05, 3.63) is 51.8 Å². The van der Waals surface area contributed by atoms with E-state index in [-0.39, 0.29) is 0 Å². The predicted octanol–water partition coefficient (Wildman–Crippen LogP) is 2.98. The summed E-state index contributed by atoms with van der Waals surface area (Å²) in [4.78, 5) is 0. The molecule has 4 heteroatoms. The maximum atomic E-state index is 6.10. The van der Waals surface area contributed by atoms with Crippen LogP contribution >= 0.6 is 11.6 Å². The van der Waals surface area contributed by atoms with E-state index in [0.29, 0.717) is 0 Å². The maximum absolute atomic E-state index is 6.10. The van der Waals surface area contributed by atoms with Gasteiger partial charge in [-0.1, -0.05) is 23.7 Å². The molecule has 1 heterocycles. The minimum Gasteiger partial charge on any atom is -0.308 e. The Morgan fingerprint density at radius 2 is 2.06 bits per heavy atom. The Hall–Kier alpha value is -1.32. The molecule has 0 aliphatic heterocycles. The SMILES string of the molecule is Cc1ccc(CNCc2cnn(C)c2C)cc1Cl. The van der Waals surface area contributed by atoms with E-state index in [1.54, 1.807) is 0 Å². The van der Waals surface area contributed by atoms with Gasteiger partial charge in [-0.15, -0.1) is 0 Å². The minimum atomic E-state index is 0.814. The Labute approximate surface area is 113 Å². The second-order valence-electron chi connectivity index (χ2n) is 4.57. The van der Waals surface area contributed by atoms with Gasteiger partial charge in [0.1, 0.15) is 0 Å². The summed E-state index contributed by atoms with van der Waals surface area (Å²) in [5, 5.41) is 8.46. The number of aromatic nitrogens is 2. The van der Waals surface area contributed by atoms with Gasteiger partial charge in [0.05, 0.1) is 6.20 Å². The van der Waals surface area contributed by atoms with Gasteiger partial charge in [0.15, 0.2) is 0 Å². The third kappa shape index (κ3) is 2.92. The number of nitrogens with zero attached hydrogens (tertiary/aromatic N) is 2. The fourth-order valence-corrected chi connectivity index (χ4v) is 2.01. The van der Waals surface area contributed by atoms with Crippen molar-refractivity contribution in [1.82, 2.24) is 15.1 Å². The van der Waals surface area contributed by atoms with Crippen molar-refractivity contribution in [2.45, 2.75) is 26.9 Å². The lowest BCUT2D eigenvalue weighted by Gasteiger charge is -2.06. The first kappa shape index (κ1) is 13.1. The second-order valence-corrected chi connectivity index (χ2v) is 4.97. The minimum absolute atomic E-state index is 0.814. The Kier molecular flexibility index (Phi) is 4.04. The Bertz CT molecular complexity index is 546. The van der Waals surface area contributed by atoms with Crippen LogP contribution in [0.1, 0.15) is 22.4 Å². The molecule has 3 nitrogen and oxygen atoms in total. The highest BCUT2D eigenvalue weighted by molar-refractivity contribution is 6.31. The topological polar surface area (TPSA) is 29.9 Å². The van der Waals surface area contributed by atoms with Crippen LogP contribution < -0.4 is 5.32 Å². The lowest BCUT2D eigenvalue weighted by molar-refractivity contribution is 0.684. The molecule has 18 heavy (non-hydrogen) atoms. The highest BCUT2D eigenvalue weighted by atomic mass is 35.5. The monoisotopic (exact) mass is 263 g/mol. The zero-order valence-electron chi connectivity index (χ0n) is 11.0. The van der Waals surface area contributed by atoms with Crippen LogP contribution in [0.25, 0.3) is 0 Å². The first-order valence-corrected chi connectivity index (χ1v) is 6.39. The molecule has 0 saturated carbocycles. The summed E-state index contributed by atoms with van der Waals surface area (Å²) in [5.74, 6) is 0. The standard InChI is InChI=1S/C14H18ClN3/c1-10-4-5-12(6-14(10)15)7-16-8-13-9-17-18(3)11(13)2/h4-6,9,16H,7-8H2,1-3H3. The zero-order valence-corrected chi connectivity index (χ0v) is 11.8. The maximum Gasteiger partial charge on any atom is 0.0537 e. The van der Waals surface area contributed by atoms with Crippen molar-refractivity contribution in [2.24, 2.45) is 7.05 Å². The molecule has 0 bridgehead atoms. The highest BCUT2D eigenvalue weighted by Gasteiger charge is 2.03. The third-order valence-corrected chi connectivity index (χ3v) is 3.62. The molecule has 0 saturated heterocycles. The van der Waals surface area contributed by atoms with Gasteiger partial charge in [0, 0.05) is 36.4 Å². The van der Waals surface area contributed by atoms with Crippen LogP contribution in [0.3, 0.4) is 0 Å². The van der Waals surface area contributed by atoms with Crippen molar-refractivity contribution in [1.29, 1.82) is 0 Å². The smallest absolute Gasteiger partial charge is 0.0537 e. The average Bonchev–Trinajstić information content (AvgIpc) is 2.66. The number of rotatable bonds is 4. The zero-order chi connectivity index (χ0) is 13.1. The van der Waals surface area contributed by atoms with Crippen molar-refractivity contribution in [2.75, 3.05) is 0 Å². The van der Waals surface area contributed by atoms with E-state index in [1.165, 1.54) is 16.8 Å². The molecule has 1 aromatic carbocycles. The number of nitrogens with one attached hydrogen (secondary N) is 1. The lowest BCUT2D eigenvalue weighted by Crippen LogP contribution is -2.13. The second kappa shape index (κ2) is 5.55. The van der Waals surface area contributed by atoms with Crippen molar-refractivity contribution in [3.63, 3.8) is 0 Å². The molecule has 2 aromatic rings. The summed E-state index contributed by atoms with van der Waals surface area (Å²) in [7, 11) is 1.96. The van der Waals surface area contributed by atoms with Crippen molar-refractivity contribution >= 4 is 11.6 Å². The van der Waals surface area contributed by atoms with Gasteiger partial charge >= 0.3 is 0 Å². The van der Waals surface area contributed by atoms with E-state index in [0.717, 1.165) is 23.7 Å². The summed E-state index contributed by atoms with van der Waals surface area (Å²) in [6, 6.07) is 6.17. The van der Waals surface area contributed by atoms with E-state index in [4.69, 9.17) is 11.6 Å². The molecule has 1 aromatic heterocycles. The number of halogens is 1.